The first-order valence-corrected chi connectivity index (χ1v) is 22.3. The smallest absolute Gasteiger partial charge is 0.220 e. The molecule has 1 amide bonds. The molecule has 2 aliphatic heterocycles. The summed E-state index contributed by atoms with van der Waals surface area (Å²) in [5.41, 5.74) is 0. The fourth-order valence-corrected chi connectivity index (χ4v) is 7.59. The molecule has 0 bridgehead atoms. The number of hydrogen-bond donors (Lipinski definition) is 9. The van der Waals surface area contributed by atoms with Crippen LogP contribution in [0.15, 0.2) is 0 Å². The molecule has 12 atom stereocenters. The van der Waals surface area contributed by atoms with Crippen molar-refractivity contribution in [2.75, 3.05) is 19.8 Å². The standard InChI is InChI=1S/C42H81NO13/c1-3-5-7-8-9-10-11-12-13-14-15-16-17-18-19-20-21-22-24-25-31(46)30(43-34(47)26-23-6-4-2)29-53-41-39(52)37(50)40(33(28-45)55-41)56-42-38(51)36(49)35(48)32(27-44)54-42/h30-33,35-42,44-46,48-52H,3-29H2,1-2H3,(H,43,47). The molecule has 2 aliphatic rings. The van der Waals surface area contributed by atoms with Gasteiger partial charge in [0, 0.05) is 6.42 Å². The van der Waals surface area contributed by atoms with Crippen molar-refractivity contribution < 1.29 is 64.6 Å². The van der Waals surface area contributed by atoms with Crippen LogP contribution in [-0.2, 0) is 23.7 Å². The third-order valence-corrected chi connectivity index (χ3v) is 11.3. The topological polar surface area (TPSA) is 228 Å². The van der Waals surface area contributed by atoms with Gasteiger partial charge in [0.2, 0.25) is 5.91 Å². The van der Waals surface area contributed by atoms with Gasteiger partial charge < -0.3 is 65.1 Å². The van der Waals surface area contributed by atoms with E-state index in [1.165, 1.54) is 96.3 Å². The van der Waals surface area contributed by atoms with Crippen LogP contribution >= 0.6 is 0 Å². The second-order valence-corrected chi connectivity index (χ2v) is 16.2. The van der Waals surface area contributed by atoms with Gasteiger partial charge in [0.25, 0.3) is 0 Å². The molecule has 0 spiro atoms. The summed E-state index contributed by atoms with van der Waals surface area (Å²) in [6.45, 7) is 2.66. The van der Waals surface area contributed by atoms with Gasteiger partial charge >= 0.3 is 0 Å². The van der Waals surface area contributed by atoms with E-state index in [1.54, 1.807) is 0 Å². The molecule has 14 heteroatoms. The van der Waals surface area contributed by atoms with Crippen molar-refractivity contribution in [2.24, 2.45) is 0 Å². The summed E-state index contributed by atoms with van der Waals surface area (Å²) in [4.78, 5) is 12.8. The van der Waals surface area contributed by atoms with E-state index in [9.17, 15) is 45.6 Å². The number of aliphatic hydroxyl groups is 8. The molecule has 2 saturated heterocycles. The normalized spacial score (nSPS) is 29.3. The van der Waals surface area contributed by atoms with Crippen LogP contribution in [0.1, 0.15) is 168 Å². The maximum absolute atomic E-state index is 12.8. The van der Waals surface area contributed by atoms with Crippen LogP contribution in [-0.4, -0.2) is 140 Å². The van der Waals surface area contributed by atoms with Crippen molar-refractivity contribution in [1.82, 2.24) is 5.32 Å². The number of amides is 1. The Balaban J connectivity index is 1.74. The van der Waals surface area contributed by atoms with E-state index in [0.29, 0.717) is 19.3 Å². The van der Waals surface area contributed by atoms with Crippen LogP contribution in [0.5, 0.6) is 0 Å². The highest BCUT2D eigenvalue weighted by atomic mass is 16.7. The van der Waals surface area contributed by atoms with E-state index in [4.69, 9.17) is 18.9 Å². The molecule has 56 heavy (non-hydrogen) atoms. The third-order valence-electron chi connectivity index (χ3n) is 11.3. The zero-order valence-electron chi connectivity index (χ0n) is 34.6. The lowest BCUT2D eigenvalue weighted by Crippen LogP contribution is -2.65. The van der Waals surface area contributed by atoms with Gasteiger partial charge in [-0.05, 0) is 12.8 Å². The van der Waals surface area contributed by atoms with Crippen LogP contribution in [0.4, 0.5) is 0 Å². The molecule has 0 aromatic carbocycles. The minimum atomic E-state index is -1.78. The second-order valence-electron chi connectivity index (χ2n) is 16.2. The number of nitrogens with one attached hydrogen (secondary N) is 1. The van der Waals surface area contributed by atoms with E-state index in [1.807, 2.05) is 6.92 Å². The van der Waals surface area contributed by atoms with Gasteiger partial charge in [-0.25, -0.2) is 0 Å². The van der Waals surface area contributed by atoms with E-state index < -0.39 is 86.8 Å². The maximum atomic E-state index is 12.8. The van der Waals surface area contributed by atoms with Crippen LogP contribution in [0.3, 0.4) is 0 Å². The lowest BCUT2D eigenvalue weighted by atomic mass is 9.97. The molecule has 0 radical (unpaired) electrons. The quantitative estimate of drug-likeness (QED) is 0.0430. The maximum Gasteiger partial charge on any atom is 0.220 e. The molecular weight excluding hydrogens is 726 g/mol. The lowest BCUT2D eigenvalue weighted by Gasteiger charge is -2.46. The zero-order chi connectivity index (χ0) is 41.1. The summed E-state index contributed by atoms with van der Waals surface area (Å²) in [7, 11) is 0. The van der Waals surface area contributed by atoms with Crippen LogP contribution in [0, 0.1) is 0 Å². The Morgan fingerprint density at radius 1 is 0.571 bits per heavy atom. The summed E-state index contributed by atoms with van der Waals surface area (Å²) in [5.74, 6) is -0.231. The summed E-state index contributed by atoms with van der Waals surface area (Å²) in [6, 6.07) is -0.816. The van der Waals surface area contributed by atoms with Gasteiger partial charge in [0.15, 0.2) is 12.6 Å². The monoisotopic (exact) mass is 808 g/mol. The van der Waals surface area contributed by atoms with Crippen molar-refractivity contribution in [3.8, 4) is 0 Å². The largest absolute Gasteiger partial charge is 0.394 e. The van der Waals surface area contributed by atoms with Gasteiger partial charge in [0.05, 0.1) is 32.0 Å². The second kappa shape index (κ2) is 30.9. The number of unbranched alkanes of at least 4 members (excludes halogenated alkanes) is 20. The van der Waals surface area contributed by atoms with Crippen molar-refractivity contribution in [2.45, 2.75) is 242 Å². The summed E-state index contributed by atoms with van der Waals surface area (Å²) in [6.07, 6.45) is 10.8. The minimum absolute atomic E-state index is 0.231. The number of rotatable bonds is 33. The fourth-order valence-electron chi connectivity index (χ4n) is 7.59. The molecular formula is C42H81NO13. The highest BCUT2D eigenvalue weighted by Gasteiger charge is 2.51. The molecule has 332 valence electrons. The average Bonchev–Trinajstić information content (AvgIpc) is 3.19. The minimum Gasteiger partial charge on any atom is -0.394 e. The third kappa shape index (κ3) is 19.4. The fraction of sp³-hybridized carbons (Fsp3) is 0.976. The molecule has 0 aromatic heterocycles. The first kappa shape index (κ1) is 51.1. The predicted molar refractivity (Wildman–Crippen MR) is 212 cm³/mol. The molecule has 2 fully saturated rings. The van der Waals surface area contributed by atoms with Gasteiger partial charge in [0.1, 0.15) is 48.8 Å². The van der Waals surface area contributed by atoms with Crippen molar-refractivity contribution in [3.63, 3.8) is 0 Å². The molecule has 0 aromatic rings. The Bertz CT molecular complexity index is 962. The summed E-state index contributed by atoms with van der Waals surface area (Å²) < 4.78 is 22.5. The van der Waals surface area contributed by atoms with Gasteiger partial charge in [-0.2, -0.15) is 0 Å². The van der Waals surface area contributed by atoms with E-state index in [-0.39, 0.29) is 12.5 Å². The Labute approximate surface area is 336 Å². The van der Waals surface area contributed by atoms with Gasteiger partial charge in [-0.3, -0.25) is 4.79 Å². The molecule has 0 saturated carbocycles. The molecule has 0 aliphatic carbocycles. The van der Waals surface area contributed by atoms with Crippen LogP contribution in [0.2, 0.25) is 0 Å². The number of aliphatic hydroxyl groups excluding tert-OH is 8. The number of ether oxygens (including phenoxy) is 4. The Morgan fingerprint density at radius 2 is 1.02 bits per heavy atom. The van der Waals surface area contributed by atoms with Gasteiger partial charge in [-0.15, -0.1) is 0 Å². The Morgan fingerprint density at radius 3 is 1.52 bits per heavy atom. The van der Waals surface area contributed by atoms with Crippen molar-refractivity contribution >= 4 is 5.91 Å². The van der Waals surface area contributed by atoms with Crippen LogP contribution in [0.25, 0.3) is 0 Å². The predicted octanol–water partition coefficient (Wildman–Crippen LogP) is 3.88. The molecule has 9 N–H and O–H groups in total. The zero-order valence-corrected chi connectivity index (χ0v) is 34.6. The first-order chi connectivity index (χ1) is 27.1. The highest BCUT2D eigenvalue weighted by molar-refractivity contribution is 5.76. The molecule has 2 rings (SSSR count). The Kier molecular flexibility index (Phi) is 28.3. The number of hydrogen-bond acceptors (Lipinski definition) is 13. The van der Waals surface area contributed by atoms with Crippen molar-refractivity contribution in [3.05, 3.63) is 0 Å². The average molecular weight is 808 g/mol. The summed E-state index contributed by atoms with van der Waals surface area (Å²) in [5, 5.41) is 86.0. The first-order valence-electron chi connectivity index (χ1n) is 22.3. The summed E-state index contributed by atoms with van der Waals surface area (Å²) >= 11 is 0. The highest BCUT2D eigenvalue weighted by Crippen LogP contribution is 2.30. The van der Waals surface area contributed by atoms with E-state index in [2.05, 4.69) is 12.2 Å². The molecule has 14 nitrogen and oxygen atoms in total. The molecule has 12 unspecified atom stereocenters. The van der Waals surface area contributed by atoms with Crippen LogP contribution < -0.4 is 5.32 Å². The van der Waals surface area contributed by atoms with E-state index in [0.717, 1.165) is 38.5 Å². The molecule has 2 heterocycles. The number of carbonyl (C=O) groups is 1. The number of carbonyl (C=O) groups excluding carboxylic acids is 1. The SMILES string of the molecule is CCCCCCCCCCCCCCCCCCCCCC(O)C(COC1OC(CO)C(OC2OC(CO)C(O)C(O)C2O)C(O)C1O)NC(=O)CCCCC. The van der Waals surface area contributed by atoms with Gasteiger partial charge in [-0.1, -0.05) is 149 Å². The van der Waals surface area contributed by atoms with E-state index >= 15 is 0 Å². The lowest BCUT2D eigenvalue weighted by molar-refractivity contribution is -0.359. The van der Waals surface area contributed by atoms with Crippen molar-refractivity contribution in [1.29, 1.82) is 0 Å². The Hall–Kier alpha value is -1.01.